The molecule has 0 spiro atoms. The second-order valence-corrected chi connectivity index (χ2v) is 5.52. The fraction of sp³-hybridized carbons (Fsp3) is 0.692. The summed E-state index contributed by atoms with van der Waals surface area (Å²) >= 11 is 0. The van der Waals surface area contributed by atoms with Crippen molar-refractivity contribution in [3.05, 3.63) is 11.4 Å². The van der Waals surface area contributed by atoms with E-state index in [1.807, 2.05) is 13.8 Å². The summed E-state index contributed by atoms with van der Waals surface area (Å²) in [5.41, 5.74) is 0.717. The van der Waals surface area contributed by atoms with Crippen molar-refractivity contribution in [1.82, 2.24) is 20.3 Å². The Kier molecular flexibility index (Phi) is 4.36. The van der Waals surface area contributed by atoms with Crippen molar-refractivity contribution in [2.75, 3.05) is 6.61 Å². The van der Waals surface area contributed by atoms with Gasteiger partial charge >= 0.3 is 5.97 Å². The van der Waals surface area contributed by atoms with Crippen molar-refractivity contribution >= 4 is 11.9 Å². The van der Waals surface area contributed by atoms with Crippen LogP contribution in [0.2, 0.25) is 0 Å². The third kappa shape index (κ3) is 3.79. The van der Waals surface area contributed by atoms with E-state index < -0.39 is 5.97 Å². The molecule has 0 bridgehead atoms. The summed E-state index contributed by atoms with van der Waals surface area (Å²) in [6.07, 6.45) is 2.07. The molecule has 1 amide bonds. The number of rotatable bonds is 6. The van der Waals surface area contributed by atoms with Gasteiger partial charge in [0.05, 0.1) is 12.3 Å². The zero-order chi connectivity index (χ0) is 14.7. The third-order valence-electron chi connectivity index (χ3n) is 2.96. The van der Waals surface area contributed by atoms with Crippen molar-refractivity contribution in [2.45, 2.75) is 46.2 Å². The molecule has 1 N–H and O–H groups in total. The van der Waals surface area contributed by atoms with Gasteiger partial charge in [0.2, 0.25) is 5.91 Å². The Labute approximate surface area is 117 Å². The maximum atomic E-state index is 11.8. The number of esters is 1. The molecule has 20 heavy (non-hydrogen) atoms. The van der Waals surface area contributed by atoms with Crippen LogP contribution in [-0.4, -0.2) is 39.5 Å². The van der Waals surface area contributed by atoms with Gasteiger partial charge in [-0.1, -0.05) is 19.1 Å². The molecule has 1 saturated carbocycles. The molecule has 0 unspecified atom stereocenters. The Morgan fingerprint density at radius 1 is 1.45 bits per heavy atom. The Bertz CT molecular complexity index is 506. The van der Waals surface area contributed by atoms with Gasteiger partial charge in [-0.05, 0) is 25.7 Å². The SMILES string of the molecule is Cc1c(C(=O)OCC(C)C)nnn1CC(=O)NC1CC1. The molecule has 0 aliphatic heterocycles. The molecule has 0 atom stereocenters. The number of nitrogens with zero attached hydrogens (tertiary/aromatic N) is 3. The maximum Gasteiger partial charge on any atom is 0.360 e. The van der Waals surface area contributed by atoms with E-state index in [1.54, 1.807) is 6.92 Å². The molecule has 0 saturated heterocycles. The smallest absolute Gasteiger partial charge is 0.360 e. The van der Waals surface area contributed by atoms with E-state index in [-0.39, 0.29) is 24.1 Å². The standard InChI is InChI=1S/C13H20N4O3/c1-8(2)7-20-13(19)12-9(3)17(16-15-12)6-11(18)14-10-4-5-10/h8,10H,4-7H2,1-3H3,(H,14,18). The van der Waals surface area contributed by atoms with Gasteiger partial charge in [0.25, 0.3) is 0 Å². The van der Waals surface area contributed by atoms with Gasteiger partial charge in [0, 0.05) is 6.04 Å². The first-order chi connectivity index (χ1) is 9.47. The number of ether oxygens (including phenoxy) is 1. The monoisotopic (exact) mass is 280 g/mol. The molecular formula is C13H20N4O3. The first kappa shape index (κ1) is 14.5. The number of hydrogen-bond acceptors (Lipinski definition) is 5. The lowest BCUT2D eigenvalue weighted by Crippen LogP contribution is -2.30. The van der Waals surface area contributed by atoms with Crippen LogP contribution in [0.25, 0.3) is 0 Å². The summed E-state index contributed by atoms with van der Waals surface area (Å²) in [7, 11) is 0. The van der Waals surface area contributed by atoms with Gasteiger partial charge in [-0.25, -0.2) is 9.48 Å². The quantitative estimate of drug-likeness (QED) is 0.774. The van der Waals surface area contributed by atoms with Crippen LogP contribution in [0.15, 0.2) is 0 Å². The highest BCUT2D eigenvalue weighted by Crippen LogP contribution is 2.18. The molecule has 2 rings (SSSR count). The van der Waals surface area contributed by atoms with Crippen LogP contribution in [0.4, 0.5) is 0 Å². The molecule has 0 aromatic carbocycles. The Morgan fingerprint density at radius 3 is 2.75 bits per heavy atom. The van der Waals surface area contributed by atoms with Gasteiger partial charge in [-0.15, -0.1) is 5.10 Å². The maximum absolute atomic E-state index is 11.8. The van der Waals surface area contributed by atoms with Crippen LogP contribution in [-0.2, 0) is 16.1 Å². The highest BCUT2D eigenvalue weighted by molar-refractivity contribution is 5.88. The van der Waals surface area contributed by atoms with Crippen molar-refractivity contribution in [3.8, 4) is 0 Å². The Hall–Kier alpha value is -1.92. The lowest BCUT2D eigenvalue weighted by molar-refractivity contribution is -0.122. The predicted molar refractivity (Wildman–Crippen MR) is 71.0 cm³/mol. The molecule has 1 aliphatic carbocycles. The Balaban J connectivity index is 1.94. The van der Waals surface area contributed by atoms with Crippen molar-refractivity contribution in [2.24, 2.45) is 5.92 Å². The summed E-state index contributed by atoms with van der Waals surface area (Å²) in [6, 6.07) is 0.307. The zero-order valence-electron chi connectivity index (χ0n) is 12.0. The molecular weight excluding hydrogens is 260 g/mol. The fourth-order valence-corrected chi connectivity index (χ4v) is 1.65. The number of nitrogens with one attached hydrogen (secondary N) is 1. The lowest BCUT2D eigenvalue weighted by Gasteiger charge is -2.06. The minimum Gasteiger partial charge on any atom is -0.461 e. The summed E-state index contributed by atoms with van der Waals surface area (Å²) in [5, 5.41) is 10.5. The van der Waals surface area contributed by atoms with E-state index in [9.17, 15) is 9.59 Å². The van der Waals surface area contributed by atoms with E-state index in [0.29, 0.717) is 18.3 Å². The van der Waals surface area contributed by atoms with Crippen LogP contribution in [0, 0.1) is 12.8 Å². The van der Waals surface area contributed by atoms with E-state index in [1.165, 1.54) is 4.68 Å². The van der Waals surface area contributed by atoms with Crippen molar-refractivity contribution < 1.29 is 14.3 Å². The number of amides is 1. The molecule has 1 aromatic rings. The van der Waals surface area contributed by atoms with Gasteiger partial charge < -0.3 is 10.1 Å². The second-order valence-electron chi connectivity index (χ2n) is 5.52. The van der Waals surface area contributed by atoms with Gasteiger partial charge in [-0.2, -0.15) is 0 Å². The number of aromatic nitrogens is 3. The third-order valence-corrected chi connectivity index (χ3v) is 2.96. The van der Waals surface area contributed by atoms with Crippen LogP contribution < -0.4 is 5.32 Å². The van der Waals surface area contributed by atoms with Gasteiger partial charge in [-0.3, -0.25) is 4.79 Å². The summed E-state index contributed by atoms with van der Waals surface area (Å²) in [5.74, 6) is -0.341. The molecule has 1 aromatic heterocycles. The van der Waals surface area contributed by atoms with Crippen LogP contribution in [0.3, 0.4) is 0 Å². The summed E-state index contributed by atoms with van der Waals surface area (Å²) in [6.45, 7) is 6.04. The predicted octanol–water partition coefficient (Wildman–Crippen LogP) is 0.678. The Morgan fingerprint density at radius 2 is 2.15 bits per heavy atom. The molecule has 1 aliphatic rings. The van der Waals surface area contributed by atoms with E-state index in [4.69, 9.17) is 4.74 Å². The minimum absolute atomic E-state index is 0.0762. The molecule has 0 radical (unpaired) electrons. The number of carbonyl (C=O) groups excluding carboxylic acids is 2. The summed E-state index contributed by atoms with van der Waals surface area (Å²) in [4.78, 5) is 23.5. The van der Waals surface area contributed by atoms with Crippen LogP contribution in [0.1, 0.15) is 42.9 Å². The minimum atomic E-state index is -0.495. The highest BCUT2D eigenvalue weighted by atomic mass is 16.5. The first-order valence-corrected chi connectivity index (χ1v) is 6.84. The van der Waals surface area contributed by atoms with E-state index in [0.717, 1.165) is 12.8 Å². The zero-order valence-corrected chi connectivity index (χ0v) is 12.0. The highest BCUT2D eigenvalue weighted by Gasteiger charge is 2.24. The molecule has 7 nitrogen and oxygen atoms in total. The second kappa shape index (κ2) is 6.02. The lowest BCUT2D eigenvalue weighted by atomic mass is 10.2. The van der Waals surface area contributed by atoms with Crippen molar-refractivity contribution in [3.63, 3.8) is 0 Å². The van der Waals surface area contributed by atoms with E-state index in [2.05, 4.69) is 15.6 Å². The largest absolute Gasteiger partial charge is 0.461 e. The fourth-order valence-electron chi connectivity index (χ4n) is 1.65. The first-order valence-electron chi connectivity index (χ1n) is 6.84. The average Bonchev–Trinajstić information content (AvgIpc) is 3.11. The van der Waals surface area contributed by atoms with E-state index >= 15 is 0 Å². The van der Waals surface area contributed by atoms with Crippen LogP contribution >= 0.6 is 0 Å². The number of hydrogen-bond donors (Lipinski definition) is 1. The van der Waals surface area contributed by atoms with Crippen molar-refractivity contribution in [1.29, 1.82) is 0 Å². The molecule has 1 fully saturated rings. The molecule has 1 heterocycles. The average molecular weight is 280 g/mol. The van der Waals surface area contributed by atoms with Crippen LogP contribution in [0.5, 0.6) is 0 Å². The summed E-state index contributed by atoms with van der Waals surface area (Å²) < 4.78 is 6.53. The topological polar surface area (TPSA) is 86.1 Å². The normalized spacial score (nSPS) is 14.4. The molecule has 7 heteroatoms. The van der Waals surface area contributed by atoms with Gasteiger partial charge in [0.1, 0.15) is 6.54 Å². The van der Waals surface area contributed by atoms with Gasteiger partial charge in [0.15, 0.2) is 5.69 Å². The number of carbonyl (C=O) groups is 2. The molecule has 110 valence electrons.